The second-order valence-electron chi connectivity index (χ2n) is 1.38. The van der Waals surface area contributed by atoms with Crippen LogP contribution in [0.1, 0.15) is 0 Å². The topological polar surface area (TPSA) is 75.1 Å². The third-order valence-electron chi connectivity index (χ3n) is 0.853. The summed E-state index contributed by atoms with van der Waals surface area (Å²) in [6.45, 7) is 0.215. The zero-order valence-corrected chi connectivity index (χ0v) is 4.44. The van der Waals surface area contributed by atoms with Crippen molar-refractivity contribution in [1.82, 2.24) is 0 Å². The molecule has 1 heterocycles. The van der Waals surface area contributed by atoms with Crippen molar-refractivity contribution in [2.45, 2.75) is 0 Å². The molecule has 0 bridgehead atoms. The first-order valence-electron chi connectivity index (χ1n) is 2.27. The van der Waals surface area contributed by atoms with Crippen LogP contribution in [0.3, 0.4) is 0 Å². The first-order valence-corrected chi connectivity index (χ1v) is 2.27. The maximum Gasteiger partial charge on any atom is 0.340 e. The number of esters is 1. The monoisotopic (exact) mass is 125 g/mol. The summed E-state index contributed by atoms with van der Waals surface area (Å²) in [7, 11) is 0. The van der Waals surface area contributed by atoms with E-state index in [1.165, 1.54) is 6.08 Å². The van der Waals surface area contributed by atoms with E-state index in [1.807, 2.05) is 0 Å². The van der Waals surface area contributed by atoms with Gasteiger partial charge >= 0.3 is 5.97 Å². The van der Waals surface area contributed by atoms with Crippen molar-refractivity contribution in [1.29, 1.82) is 0 Å². The molecule has 9 heavy (non-hydrogen) atoms. The van der Waals surface area contributed by atoms with E-state index >= 15 is 0 Å². The van der Waals surface area contributed by atoms with Crippen molar-refractivity contribution in [3.63, 3.8) is 0 Å². The van der Waals surface area contributed by atoms with E-state index in [2.05, 4.69) is 14.8 Å². The molecule has 0 aromatic heterocycles. The van der Waals surface area contributed by atoms with Gasteiger partial charge in [-0.3, -0.25) is 0 Å². The SMILES string of the molecule is [N-]=[N+]=NC1=CCOC1=O. The highest BCUT2D eigenvalue weighted by Crippen LogP contribution is 2.06. The highest BCUT2D eigenvalue weighted by Gasteiger charge is 2.13. The van der Waals surface area contributed by atoms with Gasteiger partial charge in [0.15, 0.2) is 0 Å². The van der Waals surface area contributed by atoms with E-state index in [1.54, 1.807) is 0 Å². The van der Waals surface area contributed by atoms with Crippen molar-refractivity contribution in [2.75, 3.05) is 6.61 Å². The van der Waals surface area contributed by atoms with Crippen LogP contribution in [0.2, 0.25) is 0 Å². The van der Waals surface area contributed by atoms with Crippen molar-refractivity contribution in [3.05, 3.63) is 22.2 Å². The fourth-order valence-electron chi connectivity index (χ4n) is 0.483. The molecule has 0 aromatic rings. The van der Waals surface area contributed by atoms with Crippen molar-refractivity contribution >= 4 is 5.97 Å². The molecule has 0 radical (unpaired) electrons. The van der Waals surface area contributed by atoms with Crippen LogP contribution in [0, 0.1) is 0 Å². The highest BCUT2D eigenvalue weighted by atomic mass is 16.5. The predicted octanol–water partition coefficient (Wildman–Crippen LogP) is 0.737. The number of carbonyl (C=O) groups is 1. The Hall–Kier alpha value is -1.48. The number of ether oxygens (including phenoxy) is 1. The van der Waals surface area contributed by atoms with Crippen molar-refractivity contribution in [2.24, 2.45) is 5.11 Å². The van der Waals surface area contributed by atoms with E-state index < -0.39 is 5.97 Å². The Kier molecular flexibility index (Phi) is 1.38. The first-order chi connectivity index (χ1) is 4.34. The molecule has 0 aliphatic carbocycles. The molecule has 1 rings (SSSR count). The minimum Gasteiger partial charge on any atom is -0.458 e. The zero-order valence-electron chi connectivity index (χ0n) is 4.44. The summed E-state index contributed by atoms with van der Waals surface area (Å²) in [5, 5.41) is 3.07. The summed E-state index contributed by atoms with van der Waals surface area (Å²) in [5.41, 5.74) is 7.91. The normalized spacial score (nSPS) is 16.0. The lowest BCUT2D eigenvalue weighted by molar-refractivity contribution is -0.135. The minimum atomic E-state index is -0.548. The van der Waals surface area contributed by atoms with Gasteiger partial charge in [-0.1, -0.05) is 5.11 Å². The summed E-state index contributed by atoms with van der Waals surface area (Å²) in [4.78, 5) is 12.8. The molecule has 0 N–H and O–H groups in total. The van der Waals surface area contributed by atoms with Crippen LogP contribution in [-0.2, 0) is 9.53 Å². The molecule has 0 atom stereocenters. The molecule has 0 saturated heterocycles. The van der Waals surface area contributed by atoms with Gasteiger partial charge in [-0.2, -0.15) is 0 Å². The van der Waals surface area contributed by atoms with Crippen LogP contribution in [0.5, 0.6) is 0 Å². The summed E-state index contributed by atoms with van der Waals surface area (Å²) >= 11 is 0. The van der Waals surface area contributed by atoms with Crippen LogP contribution in [-0.4, -0.2) is 12.6 Å². The van der Waals surface area contributed by atoms with Gasteiger partial charge < -0.3 is 4.74 Å². The lowest BCUT2D eigenvalue weighted by Crippen LogP contribution is -1.95. The molecular formula is C4H3N3O2. The van der Waals surface area contributed by atoms with Gasteiger partial charge in [0.05, 0.1) is 0 Å². The second kappa shape index (κ2) is 2.19. The minimum absolute atomic E-state index is 0.0532. The number of rotatable bonds is 1. The van der Waals surface area contributed by atoms with Crippen LogP contribution in [0.15, 0.2) is 16.9 Å². The van der Waals surface area contributed by atoms with Gasteiger partial charge in [0.25, 0.3) is 0 Å². The number of hydrogen-bond acceptors (Lipinski definition) is 3. The van der Waals surface area contributed by atoms with Crippen LogP contribution >= 0.6 is 0 Å². The van der Waals surface area contributed by atoms with E-state index in [0.717, 1.165) is 0 Å². The third-order valence-corrected chi connectivity index (χ3v) is 0.853. The molecule has 0 aromatic carbocycles. The Morgan fingerprint density at radius 3 is 3.11 bits per heavy atom. The fourth-order valence-corrected chi connectivity index (χ4v) is 0.483. The Morgan fingerprint density at radius 1 is 1.89 bits per heavy atom. The number of cyclic esters (lactones) is 1. The lowest BCUT2D eigenvalue weighted by Gasteiger charge is -1.86. The second-order valence-corrected chi connectivity index (χ2v) is 1.38. The van der Waals surface area contributed by atoms with E-state index in [0.29, 0.717) is 0 Å². The predicted molar refractivity (Wildman–Crippen MR) is 28.2 cm³/mol. The molecule has 46 valence electrons. The number of hydrogen-bond donors (Lipinski definition) is 0. The van der Waals surface area contributed by atoms with Crippen molar-refractivity contribution in [3.8, 4) is 0 Å². The summed E-state index contributed by atoms with van der Waals surface area (Å²) in [5.74, 6) is -0.548. The smallest absolute Gasteiger partial charge is 0.340 e. The number of azide groups is 1. The van der Waals surface area contributed by atoms with Gasteiger partial charge in [0.2, 0.25) is 0 Å². The molecule has 0 fully saturated rings. The maximum atomic E-state index is 10.4. The molecule has 0 amide bonds. The summed E-state index contributed by atoms with van der Waals surface area (Å²) in [6.07, 6.45) is 1.43. The molecule has 0 unspecified atom stereocenters. The van der Waals surface area contributed by atoms with Crippen LogP contribution < -0.4 is 0 Å². The summed E-state index contributed by atoms with van der Waals surface area (Å²) in [6, 6.07) is 0. The molecular weight excluding hydrogens is 122 g/mol. The van der Waals surface area contributed by atoms with Gasteiger partial charge in [-0.15, -0.1) is 0 Å². The van der Waals surface area contributed by atoms with Crippen molar-refractivity contribution < 1.29 is 9.53 Å². The standard InChI is InChI=1S/C4H3N3O2/c5-7-6-3-1-2-9-4(3)8/h1H,2H2. The third kappa shape index (κ3) is 1.00. The largest absolute Gasteiger partial charge is 0.458 e. The fraction of sp³-hybridized carbons (Fsp3) is 0.250. The van der Waals surface area contributed by atoms with Gasteiger partial charge in [0, 0.05) is 4.91 Å². The Labute approximate surface area is 50.5 Å². The number of nitrogens with zero attached hydrogens (tertiary/aromatic N) is 3. The van der Waals surface area contributed by atoms with Crippen LogP contribution in [0.25, 0.3) is 10.4 Å². The highest BCUT2D eigenvalue weighted by molar-refractivity contribution is 5.89. The molecule has 1 aliphatic rings. The maximum absolute atomic E-state index is 10.4. The molecule has 0 saturated carbocycles. The zero-order chi connectivity index (χ0) is 6.69. The lowest BCUT2D eigenvalue weighted by atomic mass is 10.5. The molecule has 5 heteroatoms. The van der Waals surface area contributed by atoms with Gasteiger partial charge in [0.1, 0.15) is 12.3 Å². The molecule has 1 aliphatic heterocycles. The molecule has 0 spiro atoms. The average molecular weight is 125 g/mol. The quantitative estimate of drug-likeness (QED) is 0.224. The van der Waals surface area contributed by atoms with E-state index in [4.69, 9.17) is 5.53 Å². The van der Waals surface area contributed by atoms with Gasteiger partial charge in [-0.05, 0) is 11.6 Å². The Morgan fingerprint density at radius 2 is 2.67 bits per heavy atom. The number of carbonyl (C=O) groups excluding carboxylic acids is 1. The summed E-state index contributed by atoms with van der Waals surface area (Å²) < 4.78 is 4.42. The first kappa shape index (κ1) is 5.65. The Bertz CT molecular complexity index is 214. The van der Waals surface area contributed by atoms with Gasteiger partial charge in [-0.25, -0.2) is 4.79 Å². The van der Waals surface area contributed by atoms with Crippen LogP contribution in [0.4, 0.5) is 0 Å². The molecule has 5 nitrogen and oxygen atoms in total. The Balaban J connectivity index is 2.80. The average Bonchev–Trinajstić information content (AvgIpc) is 2.18. The van der Waals surface area contributed by atoms with E-state index in [9.17, 15) is 4.79 Å². The van der Waals surface area contributed by atoms with E-state index in [-0.39, 0.29) is 12.3 Å².